The lowest BCUT2D eigenvalue weighted by Crippen LogP contribution is -2.23. The first kappa shape index (κ1) is 14.0. The number of rotatable bonds is 3. The molecule has 1 saturated heterocycles. The highest BCUT2D eigenvalue weighted by molar-refractivity contribution is 7.91. The van der Waals surface area contributed by atoms with Gasteiger partial charge in [-0.15, -0.1) is 0 Å². The normalized spacial score (nSPS) is 20.9. The highest BCUT2D eigenvalue weighted by Crippen LogP contribution is 2.20. The van der Waals surface area contributed by atoms with E-state index in [1.165, 1.54) is 0 Å². The van der Waals surface area contributed by atoms with Crippen LogP contribution in [0.3, 0.4) is 0 Å². The molecule has 0 saturated carbocycles. The summed E-state index contributed by atoms with van der Waals surface area (Å²) in [7, 11) is -3.06. The van der Waals surface area contributed by atoms with Crippen molar-refractivity contribution in [2.45, 2.75) is 6.42 Å². The monoisotopic (exact) mass is 298 g/mol. The molecule has 102 valence electrons. The summed E-state index contributed by atoms with van der Waals surface area (Å²) in [5.41, 5.74) is 6.74. The van der Waals surface area contributed by atoms with Crippen molar-refractivity contribution in [3.63, 3.8) is 0 Å². The molecule has 0 radical (unpaired) electrons. The van der Waals surface area contributed by atoms with Gasteiger partial charge >= 0.3 is 0 Å². The number of hydrogen-bond acceptors (Lipinski definition) is 4. The fourth-order valence-electron chi connectivity index (χ4n) is 2.00. The third-order valence-electron chi connectivity index (χ3n) is 3.02. The smallest absolute Gasteiger partial charge is 0.228 e. The van der Waals surface area contributed by atoms with Gasteiger partial charge in [-0.2, -0.15) is 0 Å². The number of anilines is 1. The summed E-state index contributed by atoms with van der Waals surface area (Å²) in [6.45, 7) is 0. The molecule has 1 amide bonds. The third-order valence-corrected chi connectivity index (χ3v) is 5.02. The Bertz CT molecular complexity index is 626. The van der Waals surface area contributed by atoms with Crippen molar-refractivity contribution in [3.8, 4) is 0 Å². The molecule has 3 N–H and O–H groups in total. The summed E-state index contributed by atoms with van der Waals surface area (Å²) in [6.07, 6.45) is 0.378. The first-order valence-electron chi connectivity index (χ1n) is 5.78. The van der Waals surface area contributed by atoms with Crippen LogP contribution in [-0.4, -0.2) is 30.8 Å². The Morgan fingerprint density at radius 1 is 1.42 bits per heavy atom. The average Bonchev–Trinajstić information content (AvgIpc) is 2.70. The van der Waals surface area contributed by atoms with E-state index < -0.39 is 15.8 Å². The van der Waals surface area contributed by atoms with Crippen LogP contribution in [0, 0.1) is 5.92 Å². The number of carbonyl (C=O) groups excluding carboxylic acids is 1. The number of sulfone groups is 1. The molecule has 19 heavy (non-hydrogen) atoms. The molecule has 0 aliphatic carbocycles. The molecule has 1 aromatic carbocycles. The summed E-state index contributed by atoms with van der Waals surface area (Å²) < 4.78 is 22.7. The van der Waals surface area contributed by atoms with Crippen molar-refractivity contribution < 1.29 is 13.2 Å². The maximum Gasteiger partial charge on any atom is 0.228 e. The van der Waals surface area contributed by atoms with Gasteiger partial charge in [-0.25, -0.2) is 8.42 Å². The number of thiocarbonyl (C=S) groups is 1. The van der Waals surface area contributed by atoms with Gasteiger partial charge in [0, 0.05) is 11.3 Å². The predicted octanol–water partition coefficient (Wildman–Crippen LogP) is 0.694. The number of nitrogens with one attached hydrogen (secondary N) is 1. The van der Waals surface area contributed by atoms with Crippen molar-refractivity contribution in [2.24, 2.45) is 11.7 Å². The lowest BCUT2D eigenvalue weighted by atomic mass is 10.1. The molecular weight excluding hydrogens is 284 g/mol. The molecule has 1 aromatic rings. The molecule has 7 heteroatoms. The van der Waals surface area contributed by atoms with Gasteiger partial charge in [0.25, 0.3) is 0 Å². The molecular formula is C12H14N2O3S2. The van der Waals surface area contributed by atoms with Gasteiger partial charge in [0.1, 0.15) is 4.99 Å². The van der Waals surface area contributed by atoms with Crippen LogP contribution in [0.5, 0.6) is 0 Å². The Balaban J connectivity index is 2.07. The highest BCUT2D eigenvalue weighted by atomic mass is 32.2. The van der Waals surface area contributed by atoms with E-state index in [0.29, 0.717) is 17.7 Å². The maximum absolute atomic E-state index is 11.9. The summed E-state index contributed by atoms with van der Waals surface area (Å²) >= 11 is 4.86. The van der Waals surface area contributed by atoms with E-state index in [9.17, 15) is 13.2 Å². The van der Waals surface area contributed by atoms with E-state index in [4.69, 9.17) is 18.0 Å². The van der Waals surface area contributed by atoms with Gasteiger partial charge in [-0.05, 0) is 18.6 Å². The van der Waals surface area contributed by atoms with E-state index in [2.05, 4.69) is 5.32 Å². The van der Waals surface area contributed by atoms with Crippen molar-refractivity contribution in [3.05, 3.63) is 29.8 Å². The van der Waals surface area contributed by atoms with Crippen molar-refractivity contribution in [1.29, 1.82) is 0 Å². The van der Waals surface area contributed by atoms with Crippen LogP contribution in [0.15, 0.2) is 24.3 Å². The van der Waals surface area contributed by atoms with Crippen LogP contribution in [0.2, 0.25) is 0 Å². The quantitative estimate of drug-likeness (QED) is 0.802. The fraction of sp³-hybridized carbons (Fsp3) is 0.333. The van der Waals surface area contributed by atoms with E-state index in [0.717, 1.165) is 0 Å². The van der Waals surface area contributed by atoms with Crippen LogP contribution in [0.1, 0.15) is 12.0 Å². The molecule has 1 heterocycles. The Morgan fingerprint density at radius 2 is 2.16 bits per heavy atom. The zero-order valence-electron chi connectivity index (χ0n) is 10.1. The van der Waals surface area contributed by atoms with Crippen LogP contribution >= 0.6 is 12.2 Å². The SMILES string of the molecule is NC(=S)c1cccc(NC(=O)C2CCS(=O)(=O)C2)c1. The second-order valence-electron chi connectivity index (χ2n) is 4.53. The van der Waals surface area contributed by atoms with Crippen LogP contribution in [-0.2, 0) is 14.6 Å². The number of nitrogens with two attached hydrogens (primary N) is 1. The average molecular weight is 298 g/mol. The highest BCUT2D eigenvalue weighted by Gasteiger charge is 2.32. The van der Waals surface area contributed by atoms with Gasteiger partial charge in [0.2, 0.25) is 5.91 Å². The standard InChI is InChI=1S/C12H14N2O3S2/c13-11(18)8-2-1-3-10(6-8)14-12(15)9-4-5-19(16,17)7-9/h1-3,6,9H,4-5,7H2,(H2,13,18)(H,14,15). The zero-order valence-corrected chi connectivity index (χ0v) is 11.8. The van der Waals surface area contributed by atoms with Gasteiger partial charge < -0.3 is 11.1 Å². The molecule has 1 aliphatic heterocycles. The number of amides is 1. The van der Waals surface area contributed by atoms with Gasteiger partial charge in [0.05, 0.1) is 17.4 Å². The minimum atomic E-state index is -3.06. The second-order valence-corrected chi connectivity index (χ2v) is 7.20. The van der Waals surface area contributed by atoms with Crippen LogP contribution < -0.4 is 11.1 Å². The van der Waals surface area contributed by atoms with Crippen molar-refractivity contribution in [2.75, 3.05) is 16.8 Å². The van der Waals surface area contributed by atoms with Crippen LogP contribution in [0.4, 0.5) is 5.69 Å². The Hall–Kier alpha value is -1.47. The molecule has 0 bridgehead atoms. The fourth-order valence-corrected chi connectivity index (χ4v) is 3.86. The minimum Gasteiger partial charge on any atom is -0.389 e. The molecule has 2 rings (SSSR count). The molecule has 1 unspecified atom stereocenters. The number of benzene rings is 1. The van der Waals surface area contributed by atoms with Gasteiger partial charge in [0.15, 0.2) is 9.84 Å². The van der Waals surface area contributed by atoms with E-state index >= 15 is 0 Å². The lowest BCUT2D eigenvalue weighted by molar-refractivity contribution is -0.119. The second kappa shape index (κ2) is 5.26. The van der Waals surface area contributed by atoms with Gasteiger partial charge in [-0.1, -0.05) is 24.4 Å². The molecule has 1 aliphatic rings. The van der Waals surface area contributed by atoms with Gasteiger partial charge in [-0.3, -0.25) is 4.79 Å². The molecule has 0 spiro atoms. The molecule has 1 fully saturated rings. The van der Waals surface area contributed by atoms with E-state index in [-0.39, 0.29) is 22.4 Å². The van der Waals surface area contributed by atoms with E-state index in [1.54, 1.807) is 24.3 Å². The van der Waals surface area contributed by atoms with Crippen molar-refractivity contribution >= 4 is 38.6 Å². The number of hydrogen-bond donors (Lipinski definition) is 2. The molecule has 1 atom stereocenters. The van der Waals surface area contributed by atoms with Crippen LogP contribution in [0.25, 0.3) is 0 Å². The zero-order chi connectivity index (χ0) is 14.0. The Labute approximate surface area is 117 Å². The summed E-state index contributed by atoms with van der Waals surface area (Å²) in [6, 6.07) is 6.86. The van der Waals surface area contributed by atoms with Crippen molar-refractivity contribution in [1.82, 2.24) is 0 Å². The minimum absolute atomic E-state index is 0.0756. The maximum atomic E-state index is 11.9. The number of carbonyl (C=O) groups is 1. The summed E-state index contributed by atoms with van der Waals surface area (Å²) in [4.78, 5) is 12.2. The summed E-state index contributed by atoms with van der Waals surface area (Å²) in [5.74, 6) is -0.745. The molecule has 0 aromatic heterocycles. The van der Waals surface area contributed by atoms with E-state index in [1.807, 2.05) is 0 Å². The first-order chi connectivity index (χ1) is 8.87. The Morgan fingerprint density at radius 3 is 2.74 bits per heavy atom. The third kappa shape index (κ3) is 3.51. The summed E-state index contributed by atoms with van der Waals surface area (Å²) in [5, 5.41) is 2.70. The first-order valence-corrected chi connectivity index (χ1v) is 8.01. The predicted molar refractivity (Wildman–Crippen MR) is 77.7 cm³/mol. The Kier molecular flexibility index (Phi) is 3.86. The largest absolute Gasteiger partial charge is 0.389 e. The topological polar surface area (TPSA) is 89.3 Å². The molecule has 5 nitrogen and oxygen atoms in total. The lowest BCUT2D eigenvalue weighted by Gasteiger charge is -2.10.